The summed E-state index contributed by atoms with van der Waals surface area (Å²) in [5.41, 5.74) is 4.45. The van der Waals surface area contributed by atoms with Gasteiger partial charge in [0.25, 0.3) is 0 Å². The van der Waals surface area contributed by atoms with E-state index in [1.807, 2.05) is 24.3 Å². The topological polar surface area (TPSA) is 57.9 Å². The standard InChI is InChI=1S/C37H56O5Si/c1-6-8-17-20-30-21-24-34(31(7-2)27-30)35-28-32-22-23-33(29-36(32)42-37(35)38)41-25-18-15-13-11-9-10-12-14-16-19-26-43(5,39-3)40-4/h21-24,27-29H,6-20,25-26H2,1-5H3. The smallest absolute Gasteiger partial charge is 0.344 e. The van der Waals surface area contributed by atoms with Crippen LogP contribution >= 0.6 is 0 Å². The first-order valence-corrected chi connectivity index (χ1v) is 19.4. The van der Waals surface area contributed by atoms with E-state index in [0.29, 0.717) is 17.8 Å². The van der Waals surface area contributed by atoms with Crippen molar-refractivity contribution in [3.05, 3.63) is 64.0 Å². The van der Waals surface area contributed by atoms with Crippen molar-refractivity contribution < 1.29 is 18.0 Å². The van der Waals surface area contributed by atoms with Gasteiger partial charge in [-0.25, -0.2) is 4.79 Å². The zero-order chi connectivity index (χ0) is 30.9. The van der Waals surface area contributed by atoms with Crippen molar-refractivity contribution in [2.24, 2.45) is 0 Å². The van der Waals surface area contributed by atoms with Gasteiger partial charge in [-0.1, -0.05) is 103 Å². The van der Waals surface area contributed by atoms with Gasteiger partial charge in [-0.2, -0.15) is 0 Å². The van der Waals surface area contributed by atoms with Crippen molar-refractivity contribution in [1.82, 2.24) is 0 Å². The number of benzene rings is 2. The Kier molecular flexibility index (Phi) is 15.6. The fraction of sp³-hybridized carbons (Fsp3) is 0.595. The highest BCUT2D eigenvalue weighted by Gasteiger charge is 2.27. The summed E-state index contributed by atoms with van der Waals surface area (Å²) in [6.45, 7) is 7.20. The number of fused-ring (bicyclic) bond motifs is 1. The maximum absolute atomic E-state index is 13.0. The van der Waals surface area contributed by atoms with Crippen LogP contribution in [0.3, 0.4) is 0 Å². The third kappa shape index (κ3) is 11.5. The van der Waals surface area contributed by atoms with Crippen LogP contribution in [0.4, 0.5) is 0 Å². The Hall–Kier alpha value is -2.41. The highest BCUT2D eigenvalue weighted by molar-refractivity contribution is 6.65. The van der Waals surface area contributed by atoms with Crippen LogP contribution in [0.2, 0.25) is 12.6 Å². The molecule has 0 aliphatic heterocycles. The molecule has 0 unspecified atom stereocenters. The Balaban J connectivity index is 1.37. The first-order valence-electron chi connectivity index (χ1n) is 16.9. The van der Waals surface area contributed by atoms with E-state index in [-0.39, 0.29) is 5.63 Å². The Morgan fingerprint density at radius 3 is 2.05 bits per heavy atom. The minimum absolute atomic E-state index is 0.292. The molecule has 0 radical (unpaired) electrons. The van der Waals surface area contributed by atoms with Gasteiger partial charge in [0.1, 0.15) is 11.3 Å². The van der Waals surface area contributed by atoms with Gasteiger partial charge < -0.3 is 18.0 Å². The summed E-state index contributed by atoms with van der Waals surface area (Å²) < 4.78 is 22.9. The van der Waals surface area contributed by atoms with Gasteiger partial charge in [0.2, 0.25) is 0 Å². The number of hydrogen-bond acceptors (Lipinski definition) is 5. The monoisotopic (exact) mass is 608 g/mol. The molecule has 0 amide bonds. The molecule has 3 aromatic rings. The maximum atomic E-state index is 13.0. The zero-order valence-corrected chi connectivity index (χ0v) is 28.6. The highest BCUT2D eigenvalue weighted by Crippen LogP contribution is 2.28. The van der Waals surface area contributed by atoms with Gasteiger partial charge in [0.05, 0.1) is 12.2 Å². The molecule has 0 saturated carbocycles. The summed E-state index contributed by atoms with van der Waals surface area (Å²) in [5.74, 6) is 0.757. The number of unbranched alkanes of at least 4 members (excludes halogenated alkanes) is 11. The van der Waals surface area contributed by atoms with E-state index in [4.69, 9.17) is 18.0 Å². The van der Waals surface area contributed by atoms with E-state index < -0.39 is 8.56 Å². The summed E-state index contributed by atoms with van der Waals surface area (Å²) in [4.78, 5) is 13.0. The third-order valence-corrected chi connectivity index (χ3v) is 11.8. The van der Waals surface area contributed by atoms with Crippen LogP contribution in [0.25, 0.3) is 22.1 Å². The number of aryl methyl sites for hydroxylation is 2. The molecule has 6 heteroatoms. The number of rotatable bonds is 22. The van der Waals surface area contributed by atoms with Crippen LogP contribution in [0.1, 0.15) is 108 Å². The molecule has 0 bridgehead atoms. The second kappa shape index (κ2) is 19.1. The second-order valence-corrected chi connectivity index (χ2v) is 15.7. The Morgan fingerprint density at radius 2 is 1.40 bits per heavy atom. The molecule has 2 aromatic carbocycles. The van der Waals surface area contributed by atoms with Gasteiger partial charge in [-0.15, -0.1) is 0 Å². The zero-order valence-electron chi connectivity index (χ0n) is 27.6. The molecule has 3 rings (SSSR count). The summed E-state index contributed by atoms with van der Waals surface area (Å²) in [7, 11) is 1.67. The van der Waals surface area contributed by atoms with E-state index in [1.54, 1.807) is 14.2 Å². The third-order valence-electron chi connectivity index (χ3n) is 8.77. The first kappa shape index (κ1) is 35.1. The first-order chi connectivity index (χ1) is 20.9. The van der Waals surface area contributed by atoms with Crippen LogP contribution in [0, 0.1) is 0 Å². The Labute approximate surface area is 261 Å². The molecule has 1 heterocycles. The molecule has 238 valence electrons. The van der Waals surface area contributed by atoms with Crippen molar-refractivity contribution in [3.8, 4) is 16.9 Å². The van der Waals surface area contributed by atoms with E-state index in [1.165, 1.54) is 88.2 Å². The van der Waals surface area contributed by atoms with E-state index in [0.717, 1.165) is 42.0 Å². The predicted molar refractivity (Wildman–Crippen MR) is 183 cm³/mol. The number of hydrogen-bond donors (Lipinski definition) is 0. The fourth-order valence-electron chi connectivity index (χ4n) is 5.75. The van der Waals surface area contributed by atoms with E-state index in [2.05, 4.69) is 38.6 Å². The maximum Gasteiger partial charge on any atom is 0.344 e. The van der Waals surface area contributed by atoms with E-state index in [9.17, 15) is 4.79 Å². The summed E-state index contributed by atoms with van der Waals surface area (Å²) in [6.07, 6.45) is 18.2. The average Bonchev–Trinajstić information content (AvgIpc) is 3.02. The van der Waals surface area contributed by atoms with Crippen LogP contribution < -0.4 is 10.4 Å². The van der Waals surface area contributed by atoms with Crippen LogP contribution in [-0.2, 0) is 21.7 Å². The quantitative estimate of drug-likeness (QED) is 0.0645. The van der Waals surface area contributed by atoms with Gasteiger partial charge in [0.15, 0.2) is 0 Å². The van der Waals surface area contributed by atoms with Gasteiger partial charge in [-0.05, 0) is 73.2 Å². The normalized spacial score (nSPS) is 11.8. The second-order valence-electron chi connectivity index (χ2n) is 12.1. The molecule has 0 spiro atoms. The molecule has 43 heavy (non-hydrogen) atoms. The Morgan fingerprint density at radius 1 is 0.721 bits per heavy atom. The average molecular weight is 609 g/mol. The highest BCUT2D eigenvalue weighted by atomic mass is 28.4. The molecule has 0 fully saturated rings. The van der Waals surface area contributed by atoms with Crippen molar-refractivity contribution in [2.75, 3.05) is 20.8 Å². The van der Waals surface area contributed by atoms with Crippen molar-refractivity contribution in [1.29, 1.82) is 0 Å². The van der Waals surface area contributed by atoms with Gasteiger partial charge in [-0.3, -0.25) is 0 Å². The molecular weight excluding hydrogens is 552 g/mol. The van der Waals surface area contributed by atoms with Crippen LogP contribution in [0.5, 0.6) is 5.75 Å². The van der Waals surface area contributed by atoms with Gasteiger partial charge >= 0.3 is 14.2 Å². The molecule has 1 aromatic heterocycles. The SMILES string of the molecule is CCCCCc1ccc(-c2cc3ccc(OCCCCCCCCCCCC[Si](C)(OC)OC)cc3oc2=O)c(CC)c1. The van der Waals surface area contributed by atoms with E-state index >= 15 is 0 Å². The molecule has 0 N–H and O–H groups in total. The lowest BCUT2D eigenvalue weighted by Gasteiger charge is -2.22. The van der Waals surface area contributed by atoms with Crippen molar-refractivity contribution in [3.63, 3.8) is 0 Å². The summed E-state index contributed by atoms with van der Waals surface area (Å²) >= 11 is 0. The van der Waals surface area contributed by atoms with Gasteiger partial charge in [0, 0.05) is 25.7 Å². The van der Waals surface area contributed by atoms with Crippen molar-refractivity contribution in [2.45, 2.75) is 123 Å². The molecule has 5 nitrogen and oxygen atoms in total. The lowest BCUT2D eigenvalue weighted by atomic mass is 9.94. The predicted octanol–water partition coefficient (Wildman–Crippen LogP) is 10.4. The van der Waals surface area contributed by atoms with Crippen LogP contribution in [-0.4, -0.2) is 29.4 Å². The largest absolute Gasteiger partial charge is 0.493 e. The van der Waals surface area contributed by atoms with Crippen LogP contribution in [0.15, 0.2) is 51.7 Å². The molecule has 0 atom stereocenters. The fourth-order valence-corrected chi connectivity index (χ4v) is 7.21. The molecule has 0 aliphatic rings. The minimum Gasteiger partial charge on any atom is -0.493 e. The lowest BCUT2D eigenvalue weighted by Crippen LogP contribution is -2.35. The minimum atomic E-state index is -1.88. The molecule has 0 saturated heterocycles. The molecular formula is C37H56O5Si. The lowest BCUT2D eigenvalue weighted by molar-refractivity contribution is 0.248. The summed E-state index contributed by atoms with van der Waals surface area (Å²) in [6, 6.07) is 15.4. The van der Waals surface area contributed by atoms with Crippen molar-refractivity contribution >= 4 is 19.5 Å². The Bertz CT molecular complexity index is 1280. The number of ether oxygens (including phenoxy) is 1. The molecule has 0 aliphatic carbocycles. The summed E-state index contributed by atoms with van der Waals surface area (Å²) in [5, 5.41) is 0.918.